The van der Waals surface area contributed by atoms with Gasteiger partial charge in [-0.1, -0.05) is 54.6 Å². The molecule has 0 heterocycles. The summed E-state index contributed by atoms with van der Waals surface area (Å²) in [5.74, 6) is -1.05. The molecule has 0 aliphatic rings. The molecule has 8 nitrogen and oxygen atoms in total. The Morgan fingerprint density at radius 3 is 2.08 bits per heavy atom. The van der Waals surface area contributed by atoms with E-state index in [-0.39, 0.29) is 13.2 Å². The first-order valence-electron chi connectivity index (χ1n) is 11.1. The Kier molecular flexibility index (Phi) is 7.54. The van der Waals surface area contributed by atoms with Crippen molar-refractivity contribution in [2.24, 2.45) is 0 Å². The maximum absolute atomic E-state index is 12.3. The number of nitriles is 1. The van der Waals surface area contributed by atoms with Crippen LogP contribution in [0.15, 0.2) is 91.0 Å². The van der Waals surface area contributed by atoms with Gasteiger partial charge in [-0.2, -0.15) is 5.26 Å². The molecule has 0 saturated carbocycles. The van der Waals surface area contributed by atoms with Crippen molar-refractivity contribution in [3.8, 4) is 22.9 Å². The van der Waals surface area contributed by atoms with Gasteiger partial charge in [-0.15, -0.1) is 0 Å². The van der Waals surface area contributed by atoms with Gasteiger partial charge in [-0.3, -0.25) is 25.2 Å². The van der Waals surface area contributed by atoms with E-state index in [2.05, 4.69) is 22.2 Å². The van der Waals surface area contributed by atoms with Crippen LogP contribution < -0.4 is 20.9 Å². The molecule has 0 atom stereocenters. The first-order valence-corrected chi connectivity index (χ1v) is 11.1. The van der Waals surface area contributed by atoms with Crippen LogP contribution >= 0.6 is 0 Å². The van der Waals surface area contributed by atoms with Crippen molar-refractivity contribution in [3.05, 3.63) is 102 Å². The molecule has 3 N–H and O–H groups in total. The number of nitrogens with one attached hydrogen (secondary N) is 3. The third kappa shape index (κ3) is 6.24. The molecular formula is C28H22N4O4. The Balaban J connectivity index is 1.18. The lowest BCUT2D eigenvalue weighted by atomic mass is 10.0. The highest BCUT2D eigenvalue weighted by molar-refractivity contribution is 6.00. The number of hydrogen-bond donors (Lipinski definition) is 3. The standard InChI is InChI=1S/C28H22N4O4/c29-16-19-5-7-21(8-6-19)22-11-13-25(14-12-22)36-18-27(34)32-31-26(33)17-30-28(35)24-10-9-20-3-1-2-4-23(20)15-24/h1-15H,17-18H2,(H,30,35)(H,31,33)(H,32,34). The fourth-order valence-corrected chi connectivity index (χ4v) is 3.44. The Morgan fingerprint density at radius 1 is 0.750 bits per heavy atom. The number of nitrogens with zero attached hydrogens (tertiary/aromatic N) is 1. The molecule has 4 aromatic carbocycles. The number of ether oxygens (including phenoxy) is 1. The van der Waals surface area contributed by atoms with Crippen molar-refractivity contribution in [2.45, 2.75) is 0 Å². The second-order valence-corrected chi connectivity index (χ2v) is 7.84. The van der Waals surface area contributed by atoms with E-state index in [0.717, 1.165) is 21.9 Å². The Labute approximate surface area is 207 Å². The smallest absolute Gasteiger partial charge is 0.276 e. The summed E-state index contributed by atoms with van der Waals surface area (Å²) in [5, 5.41) is 13.3. The summed E-state index contributed by atoms with van der Waals surface area (Å²) in [5.41, 5.74) is 7.40. The number of amides is 3. The predicted molar refractivity (Wildman–Crippen MR) is 135 cm³/mol. The molecule has 8 heteroatoms. The summed E-state index contributed by atoms with van der Waals surface area (Å²) in [7, 11) is 0. The van der Waals surface area contributed by atoms with Gasteiger partial charge in [0.25, 0.3) is 17.7 Å². The normalized spacial score (nSPS) is 10.2. The SMILES string of the molecule is N#Cc1ccc(-c2ccc(OCC(=O)NNC(=O)CNC(=O)c3ccc4ccccc4c3)cc2)cc1. The van der Waals surface area contributed by atoms with Crippen molar-refractivity contribution in [2.75, 3.05) is 13.2 Å². The average molecular weight is 479 g/mol. The van der Waals surface area contributed by atoms with Crippen LogP contribution in [0.3, 0.4) is 0 Å². The van der Waals surface area contributed by atoms with E-state index in [9.17, 15) is 14.4 Å². The molecule has 0 unspecified atom stereocenters. The van der Waals surface area contributed by atoms with Gasteiger partial charge in [-0.05, 0) is 58.3 Å². The Bertz CT molecular complexity index is 1440. The summed E-state index contributed by atoms with van der Waals surface area (Å²) in [6.45, 7) is -0.608. The molecule has 0 aliphatic carbocycles. The molecule has 0 bridgehead atoms. The quantitative estimate of drug-likeness (QED) is 0.352. The molecule has 3 amide bonds. The predicted octanol–water partition coefficient (Wildman–Crippen LogP) is 3.33. The topological polar surface area (TPSA) is 120 Å². The van der Waals surface area contributed by atoms with Crippen LogP contribution in [0.25, 0.3) is 21.9 Å². The number of rotatable bonds is 7. The monoisotopic (exact) mass is 478 g/mol. The largest absolute Gasteiger partial charge is 0.484 e. The van der Waals surface area contributed by atoms with Crippen LogP contribution in [-0.2, 0) is 9.59 Å². The summed E-state index contributed by atoms with van der Waals surface area (Å²) in [6, 6.07) is 29.3. The van der Waals surface area contributed by atoms with Crippen molar-refractivity contribution in [1.29, 1.82) is 5.26 Å². The minimum atomic E-state index is -0.579. The minimum absolute atomic E-state index is 0.302. The maximum Gasteiger partial charge on any atom is 0.276 e. The van der Waals surface area contributed by atoms with E-state index in [4.69, 9.17) is 10.00 Å². The van der Waals surface area contributed by atoms with Gasteiger partial charge >= 0.3 is 0 Å². The third-order valence-electron chi connectivity index (χ3n) is 5.33. The molecule has 0 aromatic heterocycles. The fourth-order valence-electron chi connectivity index (χ4n) is 3.44. The highest BCUT2D eigenvalue weighted by atomic mass is 16.5. The molecular weight excluding hydrogens is 456 g/mol. The first kappa shape index (κ1) is 24.0. The van der Waals surface area contributed by atoms with Crippen LogP contribution in [0.5, 0.6) is 5.75 Å². The van der Waals surface area contributed by atoms with Gasteiger partial charge in [0.05, 0.1) is 18.2 Å². The van der Waals surface area contributed by atoms with Gasteiger partial charge in [-0.25, -0.2) is 0 Å². The molecule has 0 spiro atoms. The zero-order chi connectivity index (χ0) is 25.3. The lowest BCUT2D eigenvalue weighted by Crippen LogP contribution is -2.47. The van der Waals surface area contributed by atoms with E-state index in [1.165, 1.54) is 0 Å². The van der Waals surface area contributed by atoms with Gasteiger partial charge < -0.3 is 10.1 Å². The van der Waals surface area contributed by atoms with Gasteiger partial charge in [0.15, 0.2) is 6.61 Å². The summed E-state index contributed by atoms with van der Waals surface area (Å²) in [6.07, 6.45) is 0. The van der Waals surface area contributed by atoms with Crippen molar-refractivity contribution in [1.82, 2.24) is 16.2 Å². The second kappa shape index (κ2) is 11.3. The van der Waals surface area contributed by atoms with E-state index in [1.807, 2.05) is 54.6 Å². The molecule has 4 aromatic rings. The number of carbonyl (C=O) groups is 3. The second-order valence-electron chi connectivity index (χ2n) is 7.84. The Hall–Kier alpha value is -5.16. The Morgan fingerprint density at radius 2 is 1.39 bits per heavy atom. The zero-order valence-electron chi connectivity index (χ0n) is 19.2. The first-order chi connectivity index (χ1) is 17.5. The molecule has 0 fully saturated rings. The van der Waals surface area contributed by atoms with E-state index >= 15 is 0 Å². The molecule has 178 valence electrons. The summed E-state index contributed by atoms with van der Waals surface area (Å²) >= 11 is 0. The lowest BCUT2D eigenvalue weighted by molar-refractivity contribution is -0.129. The number of hydrogen-bond acceptors (Lipinski definition) is 5. The van der Waals surface area contributed by atoms with Crippen LogP contribution in [-0.4, -0.2) is 30.9 Å². The number of carbonyl (C=O) groups excluding carboxylic acids is 3. The molecule has 0 aliphatic heterocycles. The number of benzene rings is 4. The average Bonchev–Trinajstić information content (AvgIpc) is 2.93. The molecule has 0 saturated heterocycles. The number of hydrazine groups is 1. The van der Waals surface area contributed by atoms with Crippen LogP contribution in [0.4, 0.5) is 0 Å². The van der Waals surface area contributed by atoms with Crippen LogP contribution in [0, 0.1) is 11.3 Å². The van der Waals surface area contributed by atoms with Crippen molar-refractivity contribution in [3.63, 3.8) is 0 Å². The van der Waals surface area contributed by atoms with Gasteiger partial charge in [0.2, 0.25) is 0 Å². The van der Waals surface area contributed by atoms with Crippen molar-refractivity contribution < 1.29 is 19.1 Å². The van der Waals surface area contributed by atoms with E-state index in [1.54, 1.807) is 36.4 Å². The van der Waals surface area contributed by atoms with Gasteiger partial charge in [0, 0.05) is 5.56 Å². The highest BCUT2D eigenvalue weighted by Gasteiger charge is 2.10. The zero-order valence-corrected chi connectivity index (χ0v) is 19.2. The van der Waals surface area contributed by atoms with E-state index < -0.39 is 17.7 Å². The van der Waals surface area contributed by atoms with E-state index in [0.29, 0.717) is 16.9 Å². The maximum atomic E-state index is 12.3. The minimum Gasteiger partial charge on any atom is -0.484 e. The fraction of sp³-hybridized carbons (Fsp3) is 0.0714. The molecule has 0 radical (unpaired) electrons. The summed E-state index contributed by atoms with van der Waals surface area (Å²) < 4.78 is 5.44. The highest BCUT2D eigenvalue weighted by Crippen LogP contribution is 2.22. The van der Waals surface area contributed by atoms with Gasteiger partial charge in [0.1, 0.15) is 5.75 Å². The molecule has 36 heavy (non-hydrogen) atoms. The summed E-state index contributed by atoms with van der Waals surface area (Å²) in [4.78, 5) is 36.3. The van der Waals surface area contributed by atoms with Crippen molar-refractivity contribution >= 4 is 28.5 Å². The number of fused-ring (bicyclic) bond motifs is 1. The molecule has 4 rings (SSSR count). The van der Waals surface area contributed by atoms with Crippen LogP contribution in [0.1, 0.15) is 15.9 Å². The van der Waals surface area contributed by atoms with Crippen LogP contribution in [0.2, 0.25) is 0 Å². The third-order valence-corrected chi connectivity index (χ3v) is 5.33. The lowest BCUT2D eigenvalue weighted by Gasteiger charge is -2.10.